The fraction of sp³-hybridized carbons (Fsp3) is 0.750. The van der Waals surface area contributed by atoms with Crippen molar-refractivity contribution in [1.29, 1.82) is 0 Å². The summed E-state index contributed by atoms with van der Waals surface area (Å²) in [4.78, 5) is 45.9. The summed E-state index contributed by atoms with van der Waals surface area (Å²) in [6.45, 7) is 4.73. The van der Waals surface area contributed by atoms with Gasteiger partial charge in [-0.25, -0.2) is 0 Å². The topological polar surface area (TPSA) is 114 Å². The molecule has 1 unspecified atom stereocenters. The highest BCUT2D eigenvalue weighted by Gasteiger charge is 2.56. The molecule has 9 nitrogen and oxygen atoms in total. The monoisotopic (exact) mass is 358 g/mol. The maximum absolute atomic E-state index is 11.5. The predicted molar refractivity (Wildman–Crippen MR) is 79.8 cm³/mol. The van der Waals surface area contributed by atoms with Crippen molar-refractivity contribution in [2.24, 2.45) is 5.92 Å². The lowest BCUT2D eigenvalue weighted by molar-refractivity contribution is -0.299. The Morgan fingerprint density at radius 2 is 1.12 bits per heavy atom. The van der Waals surface area contributed by atoms with Crippen LogP contribution < -0.4 is 0 Å². The molecule has 1 saturated carbocycles. The van der Waals surface area contributed by atoms with Crippen LogP contribution >= 0.6 is 0 Å². The van der Waals surface area contributed by atoms with E-state index in [1.165, 1.54) is 20.8 Å². The lowest BCUT2D eigenvalue weighted by atomic mass is 9.95. The van der Waals surface area contributed by atoms with Crippen molar-refractivity contribution in [1.82, 2.24) is 0 Å². The molecule has 9 heteroatoms. The molecule has 0 aromatic heterocycles. The van der Waals surface area contributed by atoms with Gasteiger partial charge in [0.15, 0.2) is 12.2 Å². The highest BCUT2D eigenvalue weighted by molar-refractivity contribution is 5.69. The molecule has 25 heavy (non-hydrogen) atoms. The molecule has 0 amide bonds. The highest BCUT2D eigenvalue weighted by Crippen LogP contribution is 2.42. The molecular weight excluding hydrogens is 336 g/mol. The smallest absolute Gasteiger partial charge is 0.305 e. The van der Waals surface area contributed by atoms with Crippen LogP contribution in [0.1, 0.15) is 40.5 Å². The van der Waals surface area contributed by atoms with Crippen molar-refractivity contribution >= 4 is 23.9 Å². The first-order valence-corrected chi connectivity index (χ1v) is 8.03. The summed E-state index contributed by atoms with van der Waals surface area (Å²) in [5.74, 6) is -2.52. The predicted octanol–water partition coefficient (Wildman–Crippen LogP) is 0.479. The van der Waals surface area contributed by atoms with E-state index in [1.54, 1.807) is 0 Å². The molecule has 2 rings (SSSR count). The molecular formula is C16H22O9. The van der Waals surface area contributed by atoms with Gasteiger partial charge >= 0.3 is 23.9 Å². The lowest BCUT2D eigenvalue weighted by Gasteiger charge is -2.44. The van der Waals surface area contributed by atoms with Crippen molar-refractivity contribution < 1.29 is 42.9 Å². The molecule has 0 aromatic carbocycles. The number of ether oxygens (including phenoxy) is 5. The summed E-state index contributed by atoms with van der Waals surface area (Å²) in [5.41, 5.74) is 0. The third-order valence-corrected chi connectivity index (χ3v) is 3.81. The Balaban J connectivity index is 2.37. The molecule has 1 saturated heterocycles. The van der Waals surface area contributed by atoms with E-state index in [2.05, 4.69) is 0 Å². The first-order chi connectivity index (χ1) is 11.7. The van der Waals surface area contributed by atoms with Crippen LogP contribution in [0, 0.1) is 5.92 Å². The molecule has 0 radical (unpaired) electrons. The second kappa shape index (κ2) is 7.81. The Hall–Kier alpha value is -2.16. The lowest BCUT2D eigenvalue weighted by Crippen LogP contribution is -2.62. The molecule has 2 aliphatic rings. The van der Waals surface area contributed by atoms with Crippen molar-refractivity contribution in [3.8, 4) is 0 Å². The van der Waals surface area contributed by atoms with Crippen LogP contribution in [0.15, 0.2) is 0 Å². The molecule has 0 N–H and O–H groups in total. The summed E-state index contributed by atoms with van der Waals surface area (Å²) < 4.78 is 26.6. The summed E-state index contributed by atoms with van der Waals surface area (Å²) in [5, 5.41) is 0. The van der Waals surface area contributed by atoms with Gasteiger partial charge in [-0.15, -0.1) is 0 Å². The van der Waals surface area contributed by atoms with E-state index >= 15 is 0 Å². The fourth-order valence-corrected chi connectivity index (χ4v) is 2.87. The number of esters is 4. The van der Waals surface area contributed by atoms with Crippen molar-refractivity contribution in [3.05, 3.63) is 0 Å². The van der Waals surface area contributed by atoms with Crippen molar-refractivity contribution in [2.45, 2.75) is 71.2 Å². The summed E-state index contributed by atoms with van der Waals surface area (Å²) in [6.07, 6.45) is -3.59. The third-order valence-electron chi connectivity index (χ3n) is 3.81. The summed E-state index contributed by atoms with van der Waals surface area (Å²) >= 11 is 0. The van der Waals surface area contributed by atoms with Gasteiger partial charge in [0.05, 0.1) is 0 Å². The van der Waals surface area contributed by atoms with E-state index in [9.17, 15) is 19.2 Å². The first-order valence-electron chi connectivity index (χ1n) is 8.03. The van der Waals surface area contributed by atoms with E-state index in [0.717, 1.165) is 19.8 Å². The third kappa shape index (κ3) is 5.15. The zero-order valence-electron chi connectivity index (χ0n) is 14.6. The summed E-state index contributed by atoms with van der Waals surface area (Å²) in [6, 6.07) is 0. The second-order valence-corrected chi connectivity index (χ2v) is 6.14. The van der Waals surface area contributed by atoms with Gasteiger partial charge in [-0.05, 0) is 18.8 Å². The number of hydrogen-bond donors (Lipinski definition) is 0. The van der Waals surface area contributed by atoms with Gasteiger partial charge in [0.2, 0.25) is 12.4 Å². The van der Waals surface area contributed by atoms with Crippen LogP contribution in [-0.4, -0.2) is 54.6 Å². The highest BCUT2D eigenvalue weighted by atomic mass is 16.7. The molecule has 140 valence electrons. The average molecular weight is 358 g/mol. The standard InChI is InChI=1S/C16H22O9/c1-7(17)21-13-12(11-5-6-11)25-16(24-10(4)20)15(23-9(3)19)14(13)22-8(2)18/h11-16H,5-6H2,1-4H3/t12-,13+,14+,15-,16?/m0/s1. The van der Waals surface area contributed by atoms with E-state index in [0.29, 0.717) is 0 Å². The zero-order valence-corrected chi connectivity index (χ0v) is 14.6. The number of carbonyl (C=O) groups excluding carboxylic acids is 4. The summed E-state index contributed by atoms with van der Waals surface area (Å²) in [7, 11) is 0. The second-order valence-electron chi connectivity index (χ2n) is 6.14. The van der Waals surface area contributed by atoms with Gasteiger partial charge in [-0.2, -0.15) is 0 Å². The average Bonchev–Trinajstić information content (AvgIpc) is 3.27. The largest absolute Gasteiger partial charge is 0.456 e. The molecule has 1 heterocycles. The maximum Gasteiger partial charge on any atom is 0.305 e. The van der Waals surface area contributed by atoms with E-state index in [-0.39, 0.29) is 5.92 Å². The molecule has 0 aromatic rings. The van der Waals surface area contributed by atoms with E-state index in [1.807, 2.05) is 0 Å². The van der Waals surface area contributed by atoms with Crippen LogP contribution in [0.25, 0.3) is 0 Å². The Morgan fingerprint density at radius 1 is 0.680 bits per heavy atom. The van der Waals surface area contributed by atoms with Crippen LogP contribution in [0.5, 0.6) is 0 Å². The Bertz CT molecular complexity index is 554. The van der Waals surface area contributed by atoms with Gasteiger partial charge < -0.3 is 23.7 Å². The van der Waals surface area contributed by atoms with E-state index < -0.39 is 54.6 Å². The minimum atomic E-state index is -1.26. The number of hydrogen-bond acceptors (Lipinski definition) is 9. The van der Waals surface area contributed by atoms with Gasteiger partial charge in [0.25, 0.3) is 0 Å². The van der Waals surface area contributed by atoms with Gasteiger partial charge in [0.1, 0.15) is 6.10 Å². The van der Waals surface area contributed by atoms with Gasteiger partial charge in [-0.3, -0.25) is 19.2 Å². The van der Waals surface area contributed by atoms with Crippen LogP contribution in [0.3, 0.4) is 0 Å². The quantitative estimate of drug-likeness (QED) is 0.511. The molecule has 0 bridgehead atoms. The molecule has 1 aliphatic heterocycles. The Kier molecular flexibility index (Phi) is 5.99. The number of rotatable bonds is 5. The molecule has 1 aliphatic carbocycles. The zero-order chi connectivity index (χ0) is 18.7. The number of carbonyl (C=O) groups is 4. The normalized spacial score (nSPS) is 31.6. The molecule has 0 spiro atoms. The first kappa shape index (κ1) is 19.2. The minimum Gasteiger partial charge on any atom is -0.456 e. The molecule has 2 fully saturated rings. The van der Waals surface area contributed by atoms with Crippen molar-refractivity contribution in [2.75, 3.05) is 0 Å². The SMILES string of the molecule is CC(=O)OC1O[C@@H](C2CC2)[C@@H](OC(C)=O)[C@@H](OC(C)=O)[C@@H]1OC(C)=O. The van der Waals surface area contributed by atoms with E-state index in [4.69, 9.17) is 23.7 Å². The molecule has 5 atom stereocenters. The Morgan fingerprint density at radius 3 is 1.56 bits per heavy atom. The minimum absolute atomic E-state index is 0.0683. The van der Waals surface area contributed by atoms with Crippen LogP contribution in [-0.2, 0) is 42.9 Å². The van der Waals surface area contributed by atoms with Gasteiger partial charge in [0, 0.05) is 27.7 Å². The van der Waals surface area contributed by atoms with Crippen LogP contribution in [0.2, 0.25) is 0 Å². The van der Waals surface area contributed by atoms with Gasteiger partial charge in [-0.1, -0.05) is 0 Å². The fourth-order valence-electron chi connectivity index (χ4n) is 2.87. The maximum atomic E-state index is 11.5. The van der Waals surface area contributed by atoms with Crippen LogP contribution in [0.4, 0.5) is 0 Å². The Labute approximate surface area is 144 Å². The van der Waals surface area contributed by atoms with Crippen molar-refractivity contribution in [3.63, 3.8) is 0 Å².